The third-order valence-corrected chi connectivity index (χ3v) is 2.24. The van der Waals surface area contributed by atoms with Crippen molar-refractivity contribution in [2.75, 3.05) is 5.32 Å². The lowest BCUT2D eigenvalue weighted by atomic mass is 10.1. The second-order valence-corrected chi connectivity index (χ2v) is 4.20. The molecule has 0 bridgehead atoms. The molecule has 2 nitrogen and oxygen atoms in total. The summed E-state index contributed by atoms with van der Waals surface area (Å²) in [6.45, 7) is 10.2. The lowest BCUT2D eigenvalue weighted by Gasteiger charge is -2.07. The summed E-state index contributed by atoms with van der Waals surface area (Å²) in [7, 11) is 0. The van der Waals surface area contributed by atoms with Gasteiger partial charge in [-0.2, -0.15) is 0 Å². The number of benzene rings is 1. The number of hydrogen-bond donors (Lipinski definition) is 1. The molecule has 0 saturated heterocycles. The molecule has 0 aliphatic heterocycles. The third-order valence-electron chi connectivity index (χ3n) is 2.24. The smallest absolute Gasteiger partial charge is 0.224 e. The Balaban J connectivity index is 0.00000121. The molecule has 0 atom stereocenters. The minimum absolute atomic E-state index is 0.0919. The van der Waals surface area contributed by atoms with E-state index in [-0.39, 0.29) is 5.91 Å². The molecule has 2 heteroatoms. The van der Waals surface area contributed by atoms with E-state index in [1.54, 1.807) is 0 Å². The van der Waals surface area contributed by atoms with Crippen molar-refractivity contribution in [1.82, 2.24) is 0 Å². The molecular formula is C15H25NO. The van der Waals surface area contributed by atoms with Crippen molar-refractivity contribution in [1.29, 1.82) is 0 Å². The van der Waals surface area contributed by atoms with Gasteiger partial charge in [-0.15, -0.1) is 0 Å². The number of aryl methyl sites for hydroxylation is 1. The number of nitrogens with one attached hydrogen (secondary N) is 1. The van der Waals surface area contributed by atoms with Crippen LogP contribution in [0.5, 0.6) is 0 Å². The molecule has 96 valence electrons. The van der Waals surface area contributed by atoms with E-state index in [9.17, 15) is 4.79 Å². The average molecular weight is 235 g/mol. The molecule has 1 N–H and O–H groups in total. The van der Waals surface area contributed by atoms with Gasteiger partial charge in [0.25, 0.3) is 0 Å². The Morgan fingerprint density at radius 2 is 1.71 bits per heavy atom. The zero-order valence-corrected chi connectivity index (χ0v) is 11.7. The molecule has 0 aliphatic carbocycles. The van der Waals surface area contributed by atoms with E-state index >= 15 is 0 Å². The van der Waals surface area contributed by atoms with Crippen molar-refractivity contribution in [2.24, 2.45) is 5.92 Å². The fourth-order valence-corrected chi connectivity index (χ4v) is 1.41. The van der Waals surface area contributed by atoms with E-state index in [0.717, 1.165) is 12.1 Å². The number of carbonyl (C=O) groups is 1. The molecule has 0 aromatic heterocycles. The number of anilines is 1. The first-order valence-corrected chi connectivity index (χ1v) is 6.50. The lowest BCUT2D eigenvalue weighted by molar-refractivity contribution is -0.116. The molecule has 0 heterocycles. The van der Waals surface area contributed by atoms with Crippen LogP contribution < -0.4 is 5.32 Å². The summed E-state index contributed by atoms with van der Waals surface area (Å²) >= 11 is 0. The standard InChI is InChI=1S/C13H19NO.C2H6/c1-4-11-5-7-12(8-6-11)14-13(15)9-10(2)3;1-2/h5-8,10H,4,9H2,1-3H3,(H,14,15);1-2H3. The van der Waals surface area contributed by atoms with Crippen molar-refractivity contribution >= 4 is 11.6 Å². The monoisotopic (exact) mass is 235 g/mol. The van der Waals surface area contributed by atoms with E-state index in [2.05, 4.69) is 12.2 Å². The number of rotatable bonds is 4. The van der Waals surface area contributed by atoms with Crippen molar-refractivity contribution in [3.8, 4) is 0 Å². The van der Waals surface area contributed by atoms with E-state index in [0.29, 0.717) is 12.3 Å². The van der Waals surface area contributed by atoms with Gasteiger partial charge in [-0.1, -0.05) is 46.8 Å². The summed E-state index contributed by atoms with van der Waals surface area (Å²) in [5, 5.41) is 2.89. The van der Waals surface area contributed by atoms with Gasteiger partial charge in [0.15, 0.2) is 0 Å². The molecule has 0 saturated carbocycles. The summed E-state index contributed by atoms with van der Waals surface area (Å²) in [6, 6.07) is 8.00. The Morgan fingerprint density at radius 1 is 1.18 bits per heavy atom. The molecule has 0 fully saturated rings. The predicted molar refractivity (Wildman–Crippen MR) is 75.3 cm³/mol. The Labute approximate surface area is 105 Å². The normalized spacial score (nSPS) is 9.53. The van der Waals surface area contributed by atoms with Crippen LogP contribution in [0.15, 0.2) is 24.3 Å². The van der Waals surface area contributed by atoms with Crippen molar-refractivity contribution in [3.63, 3.8) is 0 Å². The second-order valence-electron chi connectivity index (χ2n) is 4.20. The van der Waals surface area contributed by atoms with Crippen LogP contribution in [0.1, 0.15) is 46.6 Å². The Kier molecular flexibility index (Phi) is 8.12. The largest absolute Gasteiger partial charge is 0.326 e. The molecule has 0 unspecified atom stereocenters. The maximum absolute atomic E-state index is 11.5. The molecule has 0 radical (unpaired) electrons. The van der Waals surface area contributed by atoms with E-state index in [4.69, 9.17) is 0 Å². The van der Waals surface area contributed by atoms with Gasteiger partial charge in [0.1, 0.15) is 0 Å². The number of carbonyl (C=O) groups excluding carboxylic acids is 1. The van der Waals surface area contributed by atoms with Crippen molar-refractivity contribution in [2.45, 2.75) is 47.5 Å². The minimum atomic E-state index is 0.0919. The highest BCUT2D eigenvalue weighted by Crippen LogP contribution is 2.11. The summed E-state index contributed by atoms with van der Waals surface area (Å²) in [6.07, 6.45) is 1.61. The maximum Gasteiger partial charge on any atom is 0.224 e. The van der Waals surface area contributed by atoms with Gasteiger partial charge in [-0.05, 0) is 30.0 Å². The van der Waals surface area contributed by atoms with Crippen LogP contribution in [-0.4, -0.2) is 5.91 Å². The summed E-state index contributed by atoms with van der Waals surface area (Å²) in [5.74, 6) is 0.495. The first-order valence-electron chi connectivity index (χ1n) is 6.50. The highest BCUT2D eigenvalue weighted by atomic mass is 16.1. The molecule has 17 heavy (non-hydrogen) atoms. The third kappa shape index (κ3) is 6.77. The van der Waals surface area contributed by atoms with Crippen LogP contribution >= 0.6 is 0 Å². The number of hydrogen-bond acceptors (Lipinski definition) is 1. The molecular weight excluding hydrogens is 210 g/mol. The van der Waals surface area contributed by atoms with Gasteiger partial charge < -0.3 is 5.32 Å². The van der Waals surface area contributed by atoms with Crippen molar-refractivity contribution in [3.05, 3.63) is 29.8 Å². The average Bonchev–Trinajstić information content (AvgIpc) is 2.31. The molecule has 0 spiro atoms. The van der Waals surface area contributed by atoms with Gasteiger partial charge in [0, 0.05) is 12.1 Å². The molecule has 1 aromatic rings. The van der Waals surface area contributed by atoms with Crippen LogP contribution in [0.25, 0.3) is 0 Å². The molecule has 1 amide bonds. The predicted octanol–water partition coefficient (Wildman–Crippen LogP) is 4.26. The van der Waals surface area contributed by atoms with E-state index in [1.165, 1.54) is 5.56 Å². The first kappa shape index (κ1) is 15.7. The Hall–Kier alpha value is -1.31. The highest BCUT2D eigenvalue weighted by molar-refractivity contribution is 5.90. The quantitative estimate of drug-likeness (QED) is 0.830. The van der Waals surface area contributed by atoms with Gasteiger partial charge in [0.05, 0.1) is 0 Å². The summed E-state index contributed by atoms with van der Waals surface area (Å²) in [4.78, 5) is 11.5. The Bertz CT molecular complexity index is 314. The van der Waals surface area contributed by atoms with Crippen LogP contribution in [0.4, 0.5) is 5.69 Å². The fourth-order valence-electron chi connectivity index (χ4n) is 1.41. The lowest BCUT2D eigenvalue weighted by Crippen LogP contribution is -2.13. The van der Waals surface area contributed by atoms with E-state index in [1.807, 2.05) is 52.0 Å². The second kappa shape index (κ2) is 8.80. The van der Waals surface area contributed by atoms with E-state index < -0.39 is 0 Å². The van der Waals surface area contributed by atoms with Gasteiger partial charge in [-0.25, -0.2) is 0 Å². The number of amides is 1. The molecule has 1 aromatic carbocycles. The van der Waals surface area contributed by atoms with Gasteiger partial charge in [0.2, 0.25) is 5.91 Å². The fraction of sp³-hybridized carbons (Fsp3) is 0.533. The first-order chi connectivity index (χ1) is 8.11. The highest BCUT2D eigenvalue weighted by Gasteiger charge is 2.04. The SMILES string of the molecule is CC.CCc1ccc(NC(=O)CC(C)C)cc1. The summed E-state index contributed by atoms with van der Waals surface area (Å²) < 4.78 is 0. The molecule has 1 rings (SSSR count). The van der Waals surface area contributed by atoms with Crippen LogP contribution in [0.3, 0.4) is 0 Å². The zero-order chi connectivity index (χ0) is 13.3. The Morgan fingerprint density at radius 3 is 2.12 bits per heavy atom. The maximum atomic E-state index is 11.5. The summed E-state index contributed by atoms with van der Waals surface area (Å²) in [5.41, 5.74) is 2.18. The topological polar surface area (TPSA) is 29.1 Å². The van der Waals surface area contributed by atoms with Crippen LogP contribution in [0.2, 0.25) is 0 Å². The zero-order valence-electron chi connectivity index (χ0n) is 11.7. The minimum Gasteiger partial charge on any atom is -0.326 e. The van der Waals surface area contributed by atoms with Gasteiger partial charge in [-0.3, -0.25) is 4.79 Å². The van der Waals surface area contributed by atoms with Crippen LogP contribution in [-0.2, 0) is 11.2 Å². The molecule has 0 aliphatic rings. The van der Waals surface area contributed by atoms with Gasteiger partial charge >= 0.3 is 0 Å². The van der Waals surface area contributed by atoms with Crippen LogP contribution in [0, 0.1) is 5.92 Å². The van der Waals surface area contributed by atoms with Crippen molar-refractivity contribution < 1.29 is 4.79 Å².